The van der Waals surface area contributed by atoms with Crippen molar-refractivity contribution in [1.82, 2.24) is 9.97 Å². The maximum Gasteiger partial charge on any atom is 0.0992 e. The molecule has 0 aliphatic carbocycles. The zero-order valence-electron chi connectivity index (χ0n) is 10.3. The largest absolute Gasteiger partial charge is 0.246 e. The molecule has 0 spiro atoms. The number of nitrogens with zero attached hydrogens (tertiary/aromatic N) is 2. The minimum Gasteiger partial charge on any atom is -0.246 e. The monoisotopic (exact) mass is 350 g/mol. The fourth-order valence-electron chi connectivity index (χ4n) is 1.82. The van der Waals surface area contributed by atoms with Gasteiger partial charge in [0.25, 0.3) is 0 Å². The van der Waals surface area contributed by atoms with Gasteiger partial charge in [-0.15, -0.1) is 22.7 Å². The lowest BCUT2D eigenvalue weighted by atomic mass is 10.2. The second-order valence-corrected chi connectivity index (χ2v) is 7.09. The molecule has 0 aliphatic heterocycles. The Morgan fingerprint density at radius 1 is 1.16 bits per heavy atom. The fourth-order valence-corrected chi connectivity index (χ4v) is 3.65. The predicted octanol–water partition coefficient (Wildman–Crippen LogP) is 4.93. The van der Waals surface area contributed by atoms with Gasteiger partial charge in [0, 0.05) is 27.2 Å². The standard InChI is InChI=1S/C14H11BrN2S2/c1-9-16-12(7-18-9)6-14-17-13(8-19-14)10-3-2-4-11(15)5-10/h2-5,7-8H,6H2,1H3. The maximum atomic E-state index is 4.69. The molecule has 3 rings (SSSR count). The number of hydrogen-bond acceptors (Lipinski definition) is 4. The van der Waals surface area contributed by atoms with Crippen LogP contribution in [0.5, 0.6) is 0 Å². The van der Waals surface area contributed by atoms with Crippen LogP contribution in [-0.2, 0) is 6.42 Å². The second-order valence-electron chi connectivity index (χ2n) is 4.17. The molecule has 19 heavy (non-hydrogen) atoms. The molecule has 0 atom stereocenters. The van der Waals surface area contributed by atoms with Gasteiger partial charge in [0.1, 0.15) is 0 Å². The Bertz CT molecular complexity index is 703. The fraction of sp³-hybridized carbons (Fsp3) is 0.143. The summed E-state index contributed by atoms with van der Waals surface area (Å²) >= 11 is 6.87. The summed E-state index contributed by atoms with van der Waals surface area (Å²) in [6, 6.07) is 8.22. The van der Waals surface area contributed by atoms with E-state index in [1.54, 1.807) is 22.7 Å². The summed E-state index contributed by atoms with van der Waals surface area (Å²) < 4.78 is 1.08. The highest BCUT2D eigenvalue weighted by Crippen LogP contribution is 2.25. The molecule has 0 radical (unpaired) electrons. The van der Waals surface area contributed by atoms with Gasteiger partial charge in [0.05, 0.1) is 21.4 Å². The molecule has 0 amide bonds. The smallest absolute Gasteiger partial charge is 0.0992 e. The van der Waals surface area contributed by atoms with Crippen molar-refractivity contribution < 1.29 is 0 Å². The van der Waals surface area contributed by atoms with Crippen LogP contribution in [0, 0.1) is 6.92 Å². The van der Waals surface area contributed by atoms with E-state index in [1.807, 2.05) is 19.1 Å². The first-order valence-corrected chi connectivity index (χ1v) is 8.37. The van der Waals surface area contributed by atoms with Crippen LogP contribution in [0.25, 0.3) is 11.3 Å². The molecule has 0 fully saturated rings. The van der Waals surface area contributed by atoms with E-state index in [-0.39, 0.29) is 0 Å². The molecular formula is C14H11BrN2S2. The second kappa shape index (κ2) is 5.53. The van der Waals surface area contributed by atoms with Gasteiger partial charge < -0.3 is 0 Å². The van der Waals surface area contributed by atoms with Crippen molar-refractivity contribution in [2.75, 3.05) is 0 Å². The van der Waals surface area contributed by atoms with Crippen LogP contribution in [0.2, 0.25) is 0 Å². The molecule has 2 nitrogen and oxygen atoms in total. The first-order chi connectivity index (χ1) is 9.20. The van der Waals surface area contributed by atoms with Gasteiger partial charge in [-0.3, -0.25) is 0 Å². The summed E-state index contributed by atoms with van der Waals surface area (Å²) in [6.45, 7) is 2.03. The number of rotatable bonds is 3. The zero-order valence-corrected chi connectivity index (χ0v) is 13.5. The summed E-state index contributed by atoms with van der Waals surface area (Å²) in [6.07, 6.45) is 0.822. The highest BCUT2D eigenvalue weighted by Gasteiger charge is 2.07. The highest BCUT2D eigenvalue weighted by atomic mass is 79.9. The summed E-state index contributed by atoms with van der Waals surface area (Å²) in [5.74, 6) is 0. The first kappa shape index (κ1) is 13.0. The molecule has 0 N–H and O–H groups in total. The number of benzene rings is 1. The van der Waals surface area contributed by atoms with Crippen LogP contribution in [0.3, 0.4) is 0 Å². The molecule has 2 heterocycles. The van der Waals surface area contributed by atoms with E-state index in [1.165, 1.54) is 0 Å². The van der Waals surface area contributed by atoms with E-state index in [4.69, 9.17) is 0 Å². The molecule has 0 unspecified atom stereocenters. The lowest BCUT2D eigenvalue weighted by Gasteiger charge is -1.97. The van der Waals surface area contributed by atoms with Crippen molar-refractivity contribution in [3.63, 3.8) is 0 Å². The maximum absolute atomic E-state index is 4.69. The molecule has 0 saturated heterocycles. The molecule has 1 aromatic carbocycles. The molecule has 0 aliphatic rings. The zero-order chi connectivity index (χ0) is 13.2. The molecule has 2 aromatic heterocycles. The Balaban J connectivity index is 1.83. The Hall–Kier alpha value is -1.04. The van der Waals surface area contributed by atoms with Gasteiger partial charge in [0.2, 0.25) is 0 Å². The molecule has 3 aromatic rings. The van der Waals surface area contributed by atoms with E-state index >= 15 is 0 Å². The van der Waals surface area contributed by atoms with Gasteiger partial charge in [-0.1, -0.05) is 28.1 Å². The molecule has 5 heteroatoms. The Kier molecular flexibility index (Phi) is 3.77. The van der Waals surface area contributed by atoms with E-state index < -0.39 is 0 Å². The van der Waals surface area contributed by atoms with Crippen LogP contribution in [-0.4, -0.2) is 9.97 Å². The number of aromatic nitrogens is 2. The number of halogens is 1. The van der Waals surface area contributed by atoms with E-state index in [9.17, 15) is 0 Å². The van der Waals surface area contributed by atoms with Crippen LogP contribution in [0.15, 0.2) is 39.5 Å². The SMILES string of the molecule is Cc1nc(Cc2nc(-c3cccc(Br)c3)cs2)cs1. The van der Waals surface area contributed by atoms with Crippen molar-refractivity contribution in [2.45, 2.75) is 13.3 Å². The molecule has 96 valence electrons. The van der Waals surface area contributed by atoms with Gasteiger partial charge in [-0.2, -0.15) is 0 Å². The summed E-state index contributed by atoms with van der Waals surface area (Å²) in [5.41, 5.74) is 3.29. The van der Waals surface area contributed by atoms with Gasteiger partial charge in [-0.05, 0) is 19.1 Å². The Labute approximate surface area is 128 Å². The predicted molar refractivity (Wildman–Crippen MR) is 84.9 cm³/mol. The number of aryl methyl sites for hydroxylation is 1. The highest BCUT2D eigenvalue weighted by molar-refractivity contribution is 9.10. The van der Waals surface area contributed by atoms with E-state index in [0.717, 1.165) is 37.9 Å². The lowest BCUT2D eigenvalue weighted by Crippen LogP contribution is -1.88. The van der Waals surface area contributed by atoms with Gasteiger partial charge >= 0.3 is 0 Å². The topological polar surface area (TPSA) is 25.8 Å². The van der Waals surface area contributed by atoms with Crippen molar-refractivity contribution >= 4 is 38.6 Å². The van der Waals surface area contributed by atoms with Crippen LogP contribution in [0.1, 0.15) is 15.7 Å². The average Bonchev–Trinajstić information content (AvgIpc) is 2.99. The third-order valence-corrected chi connectivity index (χ3v) is 4.84. The summed E-state index contributed by atoms with van der Waals surface area (Å²) in [7, 11) is 0. The Morgan fingerprint density at radius 2 is 2.05 bits per heavy atom. The van der Waals surface area contributed by atoms with Crippen LogP contribution in [0.4, 0.5) is 0 Å². The minimum atomic E-state index is 0.822. The normalized spacial score (nSPS) is 10.8. The number of thiazole rings is 2. The van der Waals surface area contributed by atoms with Crippen molar-refractivity contribution in [1.29, 1.82) is 0 Å². The first-order valence-electron chi connectivity index (χ1n) is 5.82. The van der Waals surface area contributed by atoms with E-state index in [0.29, 0.717) is 0 Å². The van der Waals surface area contributed by atoms with E-state index in [2.05, 4.69) is 48.8 Å². The van der Waals surface area contributed by atoms with Crippen molar-refractivity contribution in [3.05, 3.63) is 55.2 Å². The quantitative estimate of drug-likeness (QED) is 0.669. The third kappa shape index (κ3) is 3.11. The van der Waals surface area contributed by atoms with Crippen molar-refractivity contribution in [2.24, 2.45) is 0 Å². The van der Waals surface area contributed by atoms with Gasteiger partial charge in [-0.25, -0.2) is 9.97 Å². The number of hydrogen-bond donors (Lipinski definition) is 0. The average molecular weight is 351 g/mol. The Morgan fingerprint density at radius 3 is 2.79 bits per heavy atom. The van der Waals surface area contributed by atoms with Crippen molar-refractivity contribution in [3.8, 4) is 11.3 Å². The minimum absolute atomic E-state index is 0.822. The summed E-state index contributed by atoms with van der Waals surface area (Å²) in [4.78, 5) is 9.17. The van der Waals surface area contributed by atoms with Crippen LogP contribution < -0.4 is 0 Å². The molecule has 0 saturated carbocycles. The van der Waals surface area contributed by atoms with Crippen LogP contribution >= 0.6 is 38.6 Å². The summed E-state index contributed by atoms with van der Waals surface area (Å²) in [5, 5.41) is 6.44. The molecular weight excluding hydrogens is 340 g/mol. The third-order valence-electron chi connectivity index (χ3n) is 2.67. The lowest BCUT2D eigenvalue weighted by molar-refractivity contribution is 1.06. The molecule has 0 bridgehead atoms. The van der Waals surface area contributed by atoms with Gasteiger partial charge in [0.15, 0.2) is 0 Å².